The third-order valence-corrected chi connectivity index (χ3v) is 6.39. The Morgan fingerprint density at radius 3 is 2.50 bits per heavy atom. The van der Waals surface area contributed by atoms with E-state index in [9.17, 15) is 14.4 Å². The highest BCUT2D eigenvalue weighted by atomic mass is 16.5. The number of carbonyl (C=O) groups is 3. The van der Waals surface area contributed by atoms with Crippen molar-refractivity contribution >= 4 is 23.4 Å². The lowest BCUT2D eigenvalue weighted by Crippen LogP contribution is -2.58. The zero-order valence-corrected chi connectivity index (χ0v) is 19.6. The van der Waals surface area contributed by atoms with E-state index in [4.69, 9.17) is 4.74 Å². The summed E-state index contributed by atoms with van der Waals surface area (Å²) in [7, 11) is 0. The van der Waals surface area contributed by atoms with Crippen LogP contribution in [0.1, 0.15) is 40.2 Å². The molecule has 1 spiro atoms. The van der Waals surface area contributed by atoms with E-state index in [0.29, 0.717) is 12.2 Å². The summed E-state index contributed by atoms with van der Waals surface area (Å²) in [5.74, 6) is -1.94. The molecule has 5 atom stereocenters. The van der Waals surface area contributed by atoms with Gasteiger partial charge in [0.05, 0.1) is 17.9 Å². The number of likely N-dealkylation sites (tertiary alicyclic amines) is 1. The monoisotopic (exact) mass is 439 g/mol. The van der Waals surface area contributed by atoms with Crippen molar-refractivity contribution in [2.75, 3.05) is 11.9 Å². The van der Waals surface area contributed by atoms with Gasteiger partial charge in [0.15, 0.2) is 0 Å². The Morgan fingerprint density at radius 2 is 1.88 bits per heavy atom. The first-order valence-corrected chi connectivity index (χ1v) is 11.3. The van der Waals surface area contributed by atoms with Gasteiger partial charge in [0.1, 0.15) is 11.6 Å². The molecule has 0 aromatic heterocycles. The third-order valence-electron chi connectivity index (χ3n) is 6.39. The van der Waals surface area contributed by atoms with Gasteiger partial charge in [0.25, 0.3) is 0 Å². The number of para-hydroxylation sites is 1. The van der Waals surface area contributed by atoms with Crippen LogP contribution in [0.2, 0.25) is 0 Å². The van der Waals surface area contributed by atoms with Crippen molar-refractivity contribution in [1.82, 2.24) is 10.2 Å². The highest BCUT2D eigenvalue weighted by molar-refractivity contribution is 6.03. The molecule has 3 aliphatic rings. The molecule has 2 N–H and O–H groups in total. The van der Waals surface area contributed by atoms with Crippen molar-refractivity contribution < 1.29 is 19.1 Å². The molecule has 7 nitrogen and oxygen atoms in total. The van der Waals surface area contributed by atoms with Crippen LogP contribution in [0, 0.1) is 24.7 Å². The maximum atomic E-state index is 13.7. The molecule has 2 bridgehead atoms. The molecule has 1 aromatic rings. The summed E-state index contributed by atoms with van der Waals surface area (Å²) in [6, 6.07) is 6.73. The second kappa shape index (κ2) is 7.73. The van der Waals surface area contributed by atoms with Crippen molar-refractivity contribution in [2.24, 2.45) is 17.8 Å². The van der Waals surface area contributed by atoms with Gasteiger partial charge < -0.3 is 20.3 Å². The van der Waals surface area contributed by atoms with Gasteiger partial charge in [-0.3, -0.25) is 14.4 Å². The highest BCUT2D eigenvalue weighted by Gasteiger charge is 2.72. The second-order valence-corrected chi connectivity index (χ2v) is 10.6. The molecule has 7 heteroatoms. The summed E-state index contributed by atoms with van der Waals surface area (Å²) in [5.41, 5.74) is 0.0709. The summed E-state index contributed by atoms with van der Waals surface area (Å²) in [6.07, 6.45) is 3.15. The molecule has 3 aliphatic heterocycles. The van der Waals surface area contributed by atoms with Gasteiger partial charge in [-0.1, -0.05) is 44.2 Å². The molecule has 1 aromatic carbocycles. The smallest absolute Gasteiger partial charge is 0.246 e. The van der Waals surface area contributed by atoms with E-state index < -0.39 is 35.1 Å². The first-order chi connectivity index (χ1) is 14.9. The summed E-state index contributed by atoms with van der Waals surface area (Å²) >= 11 is 0. The van der Waals surface area contributed by atoms with Crippen LogP contribution >= 0.6 is 0 Å². The standard InChI is InChI=1S/C25H33N3O4/c1-14(2)13-28-20(22(30)27-24(4,5)6)25-12-11-17(32-25)18(19(25)23(28)31)21(29)26-16-10-8-7-9-15(16)3/h7-12,14,17-20H,13H2,1-6H3,(H,26,29)(H,27,30)/t17-,18-,19-,20-,25-/m1/s1. The first-order valence-electron chi connectivity index (χ1n) is 11.3. The van der Waals surface area contributed by atoms with Crippen LogP contribution in [-0.2, 0) is 19.1 Å². The minimum atomic E-state index is -1.13. The number of aryl methyl sites for hydroxylation is 1. The average molecular weight is 440 g/mol. The van der Waals surface area contributed by atoms with Gasteiger partial charge in [-0.05, 0) is 45.2 Å². The minimum absolute atomic E-state index is 0.166. The maximum Gasteiger partial charge on any atom is 0.246 e. The fraction of sp³-hybridized carbons (Fsp3) is 0.560. The van der Waals surface area contributed by atoms with Crippen LogP contribution in [0.4, 0.5) is 5.69 Å². The number of ether oxygens (including phenoxy) is 1. The van der Waals surface area contributed by atoms with Crippen molar-refractivity contribution in [1.29, 1.82) is 0 Å². The number of nitrogens with one attached hydrogen (secondary N) is 2. The van der Waals surface area contributed by atoms with Gasteiger partial charge in [0, 0.05) is 17.8 Å². The molecule has 2 fully saturated rings. The highest BCUT2D eigenvalue weighted by Crippen LogP contribution is 2.55. The number of anilines is 1. The molecular formula is C25H33N3O4. The lowest BCUT2D eigenvalue weighted by atomic mass is 9.74. The summed E-state index contributed by atoms with van der Waals surface area (Å²) in [6.45, 7) is 12.1. The fourth-order valence-electron chi connectivity index (χ4n) is 5.22. The van der Waals surface area contributed by atoms with Crippen LogP contribution in [0.5, 0.6) is 0 Å². The quantitative estimate of drug-likeness (QED) is 0.691. The molecule has 2 saturated heterocycles. The number of nitrogens with zero attached hydrogens (tertiary/aromatic N) is 1. The Hall–Kier alpha value is -2.67. The van der Waals surface area contributed by atoms with E-state index in [2.05, 4.69) is 10.6 Å². The van der Waals surface area contributed by atoms with Gasteiger partial charge in [-0.25, -0.2) is 0 Å². The van der Waals surface area contributed by atoms with Crippen LogP contribution in [0.15, 0.2) is 36.4 Å². The van der Waals surface area contributed by atoms with Crippen molar-refractivity contribution in [3.05, 3.63) is 42.0 Å². The summed E-state index contributed by atoms with van der Waals surface area (Å²) in [4.78, 5) is 42.1. The van der Waals surface area contributed by atoms with Crippen LogP contribution in [0.25, 0.3) is 0 Å². The van der Waals surface area contributed by atoms with Gasteiger partial charge in [-0.15, -0.1) is 0 Å². The predicted octanol–water partition coefficient (Wildman–Crippen LogP) is 2.65. The maximum absolute atomic E-state index is 13.7. The molecule has 4 rings (SSSR count). The van der Waals surface area contributed by atoms with Crippen molar-refractivity contribution in [3.8, 4) is 0 Å². The van der Waals surface area contributed by atoms with Crippen LogP contribution in [0.3, 0.4) is 0 Å². The van der Waals surface area contributed by atoms with E-state index in [0.717, 1.165) is 5.56 Å². The Labute approximate surface area is 189 Å². The van der Waals surface area contributed by atoms with Crippen molar-refractivity contribution in [2.45, 2.75) is 64.8 Å². The van der Waals surface area contributed by atoms with E-state index in [1.165, 1.54) is 0 Å². The number of hydrogen-bond acceptors (Lipinski definition) is 4. The zero-order chi connectivity index (χ0) is 23.4. The zero-order valence-electron chi connectivity index (χ0n) is 19.6. The molecule has 32 heavy (non-hydrogen) atoms. The van der Waals surface area contributed by atoms with Crippen LogP contribution < -0.4 is 10.6 Å². The number of fused-ring (bicyclic) bond motifs is 1. The second-order valence-electron chi connectivity index (χ2n) is 10.6. The average Bonchev–Trinajstić information content (AvgIpc) is 3.30. The molecule has 0 radical (unpaired) electrons. The first kappa shape index (κ1) is 22.5. The van der Waals surface area contributed by atoms with Crippen molar-refractivity contribution in [3.63, 3.8) is 0 Å². The molecule has 0 unspecified atom stereocenters. The molecule has 3 heterocycles. The van der Waals surface area contributed by atoms with E-state index in [1.807, 2.05) is 78.0 Å². The molecule has 0 aliphatic carbocycles. The number of amides is 3. The third kappa shape index (κ3) is 3.62. The SMILES string of the molecule is Cc1ccccc1NC(=O)[C@@H]1[C@H]2C=C[C@@]3(O2)[C@H]1C(=O)N(CC(C)C)[C@@H]3C(=O)NC(C)(C)C. The van der Waals surface area contributed by atoms with E-state index in [1.54, 1.807) is 4.90 Å². The van der Waals surface area contributed by atoms with E-state index >= 15 is 0 Å². The lowest BCUT2D eigenvalue weighted by molar-refractivity contribution is -0.142. The molecular weight excluding hydrogens is 406 g/mol. The van der Waals surface area contributed by atoms with Crippen LogP contribution in [-0.4, -0.2) is 52.5 Å². The predicted molar refractivity (Wildman–Crippen MR) is 122 cm³/mol. The number of carbonyl (C=O) groups excluding carboxylic acids is 3. The van der Waals surface area contributed by atoms with Gasteiger partial charge in [-0.2, -0.15) is 0 Å². The van der Waals surface area contributed by atoms with E-state index in [-0.39, 0.29) is 23.6 Å². The molecule has 172 valence electrons. The number of benzene rings is 1. The Kier molecular flexibility index (Phi) is 5.44. The molecule has 0 saturated carbocycles. The largest absolute Gasteiger partial charge is 0.359 e. The molecule has 3 amide bonds. The fourth-order valence-corrected chi connectivity index (χ4v) is 5.22. The minimum Gasteiger partial charge on any atom is -0.359 e. The van der Waals surface area contributed by atoms with Gasteiger partial charge in [0.2, 0.25) is 17.7 Å². The summed E-state index contributed by atoms with van der Waals surface area (Å²) < 4.78 is 6.32. The Morgan fingerprint density at radius 1 is 1.19 bits per heavy atom. The van der Waals surface area contributed by atoms with Gasteiger partial charge >= 0.3 is 0 Å². The Balaban J connectivity index is 1.69. The number of hydrogen-bond donors (Lipinski definition) is 2. The number of rotatable bonds is 5. The topological polar surface area (TPSA) is 87.7 Å². The Bertz CT molecular complexity index is 980. The lowest BCUT2D eigenvalue weighted by Gasteiger charge is -2.35. The summed E-state index contributed by atoms with van der Waals surface area (Å²) in [5, 5.41) is 6.00. The normalized spacial score (nSPS) is 30.7.